The maximum Gasteiger partial charge on any atom is 0.320 e. The second kappa shape index (κ2) is 8.48. The number of anilines is 1. The van der Waals surface area contributed by atoms with Gasteiger partial charge in [-0.05, 0) is 17.5 Å². The highest BCUT2D eigenvalue weighted by molar-refractivity contribution is 5.82. The molecule has 142 valence electrons. The number of nitrogens with zero attached hydrogens (tertiary/aromatic N) is 4. The Morgan fingerprint density at radius 2 is 1.93 bits per heavy atom. The molecule has 3 rings (SSSR count). The van der Waals surface area contributed by atoms with Gasteiger partial charge in [-0.1, -0.05) is 37.6 Å². The van der Waals surface area contributed by atoms with Crippen LogP contribution in [0.4, 0.5) is 5.82 Å². The maximum absolute atomic E-state index is 11.4. The number of carbonyl (C=O) groups excluding carboxylic acids is 1. The van der Waals surface area contributed by atoms with Gasteiger partial charge in [-0.3, -0.25) is 4.79 Å². The van der Waals surface area contributed by atoms with E-state index in [-0.39, 0.29) is 18.4 Å². The van der Waals surface area contributed by atoms with Crippen molar-refractivity contribution in [3.8, 4) is 6.01 Å². The minimum absolute atomic E-state index is 0.257. The summed E-state index contributed by atoms with van der Waals surface area (Å²) >= 11 is 0. The van der Waals surface area contributed by atoms with Crippen molar-refractivity contribution in [3.63, 3.8) is 0 Å². The van der Waals surface area contributed by atoms with Crippen molar-refractivity contribution in [1.29, 1.82) is 0 Å². The van der Waals surface area contributed by atoms with Crippen molar-refractivity contribution in [2.24, 2.45) is 0 Å². The molecule has 0 atom stereocenters. The molecule has 3 aromatic rings. The third-order valence-corrected chi connectivity index (χ3v) is 4.15. The van der Waals surface area contributed by atoms with Gasteiger partial charge in [0.15, 0.2) is 17.0 Å². The number of ether oxygens (including phenoxy) is 2. The maximum atomic E-state index is 11.4. The lowest BCUT2D eigenvalue weighted by Gasteiger charge is -2.08. The van der Waals surface area contributed by atoms with Gasteiger partial charge in [-0.2, -0.15) is 9.97 Å². The van der Waals surface area contributed by atoms with Crippen LogP contribution in [0.3, 0.4) is 0 Å². The van der Waals surface area contributed by atoms with Crippen LogP contribution in [0.2, 0.25) is 0 Å². The summed E-state index contributed by atoms with van der Waals surface area (Å²) in [5, 5.41) is 0. The van der Waals surface area contributed by atoms with Crippen molar-refractivity contribution in [2.45, 2.75) is 32.7 Å². The van der Waals surface area contributed by atoms with Crippen LogP contribution in [0, 0.1) is 0 Å². The van der Waals surface area contributed by atoms with Gasteiger partial charge in [-0.15, -0.1) is 0 Å². The van der Waals surface area contributed by atoms with Gasteiger partial charge in [-0.25, -0.2) is 4.98 Å². The van der Waals surface area contributed by atoms with Crippen molar-refractivity contribution < 1.29 is 14.3 Å². The predicted molar refractivity (Wildman–Crippen MR) is 101 cm³/mol. The Morgan fingerprint density at radius 1 is 1.19 bits per heavy atom. The molecule has 0 saturated carbocycles. The van der Waals surface area contributed by atoms with Crippen molar-refractivity contribution in [2.75, 3.05) is 19.5 Å². The van der Waals surface area contributed by atoms with Crippen molar-refractivity contribution >= 4 is 23.0 Å². The lowest BCUT2D eigenvalue weighted by Crippen LogP contribution is -2.06. The van der Waals surface area contributed by atoms with E-state index in [0.29, 0.717) is 30.1 Å². The van der Waals surface area contributed by atoms with Crippen LogP contribution in [0.25, 0.3) is 11.2 Å². The topological polar surface area (TPSA) is 105 Å². The first-order valence-corrected chi connectivity index (χ1v) is 8.86. The molecule has 0 aliphatic carbocycles. The number of esters is 1. The van der Waals surface area contributed by atoms with Gasteiger partial charge < -0.3 is 19.8 Å². The summed E-state index contributed by atoms with van der Waals surface area (Å²) in [6, 6.07) is 8.02. The molecule has 0 radical (unpaired) electrons. The monoisotopic (exact) mass is 369 g/mol. The highest BCUT2D eigenvalue weighted by Gasteiger charge is 2.12. The first kappa shape index (κ1) is 18.6. The fourth-order valence-corrected chi connectivity index (χ4v) is 2.63. The quantitative estimate of drug-likeness (QED) is 0.480. The number of hydrogen-bond donors (Lipinski definition) is 1. The average molecular weight is 369 g/mol. The fourth-order valence-electron chi connectivity index (χ4n) is 2.63. The number of imidazole rings is 1. The molecule has 2 aromatic heterocycles. The minimum Gasteiger partial charge on any atom is -0.469 e. The van der Waals surface area contributed by atoms with Gasteiger partial charge in [0.05, 0.1) is 33.0 Å². The average Bonchev–Trinajstić information content (AvgIpc) is 3.07. The molecule has 1 aromatic carbocycles. The number of nitrogen functional groups attached to an aromatic ring is 1. The molecule has 0 fully saturated rings. The molecule has 2 N–H and O–H groups in total. The van der Waals surface area contributed by atoms with E-state index in [0.717, 1.165) is 24.0 Å². The molecule has 0 saturated heterocycles. The molecule has 8 heteroatoms. The first-order valence-electron chi connectivity index (χ1n) is 8.86. The van der Waals surface area contributed by atoms with E-state index < -0.39 is 0 Å². The van der Waals surface area contributed by atoms with Gasteiger partial charge in [0.1, 0.15) is 0 Å². The molecule has 0 bridgehead atoms. The second-order valence-electron chi connectivity index (χ2n) is 6.21. The van der Waals surface area contributed by atoms with Crippen molar-refractivity contribution in [1.82, 2.24) is 19.5 Å². The van der Waals surface area contributed by atoms with Gasteiger partial charge in [0.25, 0.3) is 0 Å². The van der Waals surface area contributed by atoms with E-state index in [1.54, 1.807) is 6.33 Å². The van der Waals surface area contributed by atoms with E-state index in [2.05, 4.69) is 26.6 Å². The highest BCUT2D eigenvalue weighted by Crippen LogP contribution is 2.20. The highest BCUT2D eigenvalue weighted by atomic mass is 16.5. The van der Waals surface area contributed by atoms with E-state index in [1.165, 1.54) is 7.11 Å². The van der Waals surface area contributed by atoms with Gasteiger partial charge in [0, 0.05) is 0 Å². The van der Waals surface area contributed by atoms with Crippen LogP contribution < -0.4 is 10.5 Å². The zero-order chi connectivity index (χ0) is 19.2. The number of fused-ring (bicyclic) bond motifs is 1. The first-order chi connectivity index (χ1) is 13.1. The molecule has 0 aliphatic heterocycles. The SMILES string of the molecule is CCCCOc1nc(N)c2ncn(Cc3ccc(CC(=O)OC)cc3)c2n1. The lowest BCUT2D eigenvalue weighted by atomic mass is 10.1. The van der Waals surface area contributed by atoms with Crippen LogP contribution in [0.1, 0.15) is 30.9 Å². The Morgan fingerprint density at radius 3 is 2.63 bits per heavy atom. The molecule has 0 aliphatic rings. The molecule has 0 unspecified atom stereocenters. The summed E-state index contributed by atoms with van der Waals surface area (Å²) in [7, 11) is 1.38. The number of carbonyl (C=O) groups is 1. The normalized spacial score (nSPS) is 10.9. The number of aromatic nitrogens is 4. The smallest absolute Gasteiger partial charge is 0.320 e. The summed E-state index contributed by atoms with van der Waals surface area (Å²) in [6.45, 7) is 3.21. The van der Waals surface area contributed by atoms with E-state index in [9.17, 15) is 4.79 Å². The summed E-state index contributed by atoms with van der Waals surface area (Å²) in [6.07, 6.45) is 3.90. The number of unbranched alkanes of at least 4 members (excludes halogenated alkanes) is 1. The Hall–Kier alpha value is -3.16. The van der Waals surface area contributed by atoms with Crippen LogP contribution >= 0.6 is 0 Å². The number of methoxy groups -OCH3 is 1. The van der Waals surface area contributed by atoms with Crippen molar-refractivity contribution in [3.05, 3.63) is 41.7 Å². The molecule has 8 nitrogen and oxygen atoms in total. The van der Waals surface area contributed by atoms with Crippen LogP contribution in [0.15, 0.2) is 30.6 Å². The van der Waals surface area contributed by atoms with Crippen LogP contribution in [-0.2, 0) is 22.5 Å². The Labute approximate surface area is 157 Å². The summed E-state index contributed by atoms with van der Waals surface area (Å²) in [5.41, 5.74) is 9.14. The summed E-state index contributed by atoms with van der Waals surface area (Å²) in [4.78, 5) is 24.3. The van der Waals surface area contributed by atoms with Crippen LogP contribution in [0.5, 0.6) is 6.01 Å². The zero-order valence-electron chi connectivity index (χ0n) is 15.5. The Kier molecular flexibility index (Phi) is 5.85. The zero-order valence-corrected chi connectivity index (χ0v) is 15.5. The standard InChI is InChI=1S/C19H23N5O3/c1-3-4-9-27-19-22-17(20)16-18(23-19)24(12-21-16)11-14-7-5-13(6-8-14)10-15(25)26-2/h5-8,12H,3-4,9-11H2,1-2H3,(H2,20,22,23). The van der Waals surface area contributed by atoms with Gasteiger partial charge >= 0.3 is 12.0 Å². The second-order valence-corrected chi connectivity index (χ2v) is 6.21. The predicted octanol–water partition coefficient (Wildman–Crippen LogP) is 2.35. The molecule has 2 heterocycles. The minimum atomic E-state index is -0.258. The number of rotatable bonds is 8. The fraction of sp³-hybridized carbons (Fsp3) is 0.368. The van der Waals surface area contributed by atoms with E-state index in [4.69, 9.17) is 10.5 Å². The third-order valence-electron chi connectivity index (χ3n) is 4.15. The molecular formula is C19H23N5O3. The third kappa shape index (κ3) is 4.52. The van der Waals surface area contributed by atoms with E-state index >= 15 is 0 Å². The Balaban J connectivity index is 1.79. The lowest BCUT2D eigenvalue weighted by molar-refractivity contribution is -0.139. The summed E-state index contributed by atoms with van der Waals surface area (Å²) in [5.74, 6) is 0.0461. The Bertz CT molecular complexity index is 921. The van der Waals surface area contributed by atoms with E-state index in [1.807, 2.05) is 28.8 Å². The summed E-state index contributed by atoms with van der Waals surface area (Å²) < 4.78 is 12.2. The van der Waals surface area contributed by atoms with Gasteiger partial charge in [0.2, 0.25) is 0 Å². The molecular weight excluding hydrogens is 346 g/mol. The number of nitrogens with two attached hydrogens (primary N) is 1. The molecule has 27 heavy (non-hydrogen) atoms. The largest absolute Gasteiger partial charge is 0.469 e. The number of benzene rings is 1. The molecule has 0 spiro atoms. The van der Waals surface area contributed by atoms with Crippen LogP contribution in [-0.4, -0.2) is 39.2 Å². The molecule has 0 amide bonds. The number of hydrogen-bond acceptors (Lipinski definition) is 7.